The number of nitrogens with one attached hydrogen (secondary N) is 1. The number of hydrogen-bond acceptors (Lipinski definition) is 6. The predicted octanol–water partition coefficient (Wildman–Crippen LogP) is 6.44. The Kier molecular flexibility index (Phi) is 6.50. The van der Waals surface area contributed by atoms with E-state index in [0.717, 1.165) is 25.7 Å². The Morgan fingerprint density at radius 1 is 1.15 bits per heavy atom. The zero-order chi connectivity index (χ0) is 27.1. The van der Waals surface area contributed by atoms with Crippen molar-refractivity contribution >= 4 is 22.6 Å². The highest BCUT2D eigenvalue weighted by atomic mass is 35.5. The molecule has 0 radical (unpaired) electrons. The molecule has 4 heterocycles. The maximum atomic E-state index is 16.8. The molecule has 1 saturated carbocycles. The second-order valence-corrected chi connectivity index (χ2v) is 10.5. The van der Waals surface area contributed by atoms with Gasteiger partial charge >= 0.3 is 5.76 Å². The lowest BCUT2D eigenvalue weighted by Gasteiger charge is -2.27. The molecular formula is C28H25ClF2N6O2. The standard InChI is InChI=1S/C28H25ClF2N6O2/c1-28(31,19-9-5-6-10-20(19)30)26-34-21-12-22(25-35-27(38)39-36-25)33-23(17-11-18(29)14-32-13-17)24(21)37(26)15-16-7-3-2-4-8-16/h5-6,9-14,16H,2-4,7-8,15H2,1H3,(H,35,36,38). The Morgan fingerprint density at radius 2 is 1.95 bits per heavy atom. The molecule has 1 unspecified atom stereocenters. The lowest BCUT2D eigenvalue weighted by Crippen LogP contribution is -2.26. The average molecular weight is 551 g/mol. The van der Waals surface area contributed by atoms with Gasteiger partial charge in [-0.2, -0.15) is 0 Å². The summed E-state index contributed by atoms with van der Waals surface area (Å²) >= 11 is 6.29. The number of imidazole rings is 1. The van der Waals surface area contributed by atoms with E-state index < -0.39 is 17.2 Å². The highest BCUT2D eigenvalue weighted by Crippen LogP contribution is 2.40. The van der Waals surface area contributed by atoms with Gasteiger partial charge in [0.15, 0.2) is 11.5 Å². The van der Waals surface area contributed by atoms with Gasteiger partial charge in [-0.15, -0.1) is 0 Å². The summed E-state index contributed by atoms with van der Waals surface area (Å²) < 4.78 is 38.3. The van der Waals surface area contributed by atoms with Gasteiger partial charge in [-0.25, -0.2) is 23.5 Å². The Bertz CT molecular complexity index is 1720. The van der Waals surface area contributed by atoms with Gasteiger partial charge in [0.25, 0.3) is 0 Å². The Balaban J connectivity index is 1.65. The fourth-order valence-electron chi connectivity index (χ4n) is 5.49. The molecule has 4 aromatic heterocycles. The lowest BCUT2D eigenvalue weighted by molar-refractivity contribution is 0.213. The topological polar surface area (TPSA) is 102 Å². The van der Waals surface area contributed by atoms with Gasteiger partial charge < -0.3 is 4.57 Å². The minimum atomic E-state index is -2.26. The number of rotatable bonds is 6. The molecule has 1 aliphatic carbocycles. The number of benzene rings is 1. The monoisotopic (exact) mass is 550 g/mol. The van der Waals surface area contributed by atoms with Gasteiger partial charge in [0.2, 0.25) is 5.82 Å². The summed E-state index contributed by atoms with van der Waals surface area (Å²) in [6, 6.07) is 9.13. The smallest absolute Gasteiger partial charge is 0.323 e. The molecule has 1 aromatic carbocycles. The minimum absolute atomic E-state index is 0.0667. The van der Waals surface area contributed by atoms with Crippen LogP contribution in [0, 0.1) is 11.7 Å². The van der Waals surface area contributed by atoms with Crippen molar-refractivity contribution in [2.75, 3.05) is 0 Å². The first-order valence-electron chi connectivity index (χ1n) is 12.8. The van der Waals surface area contributed by atoms with E-state index in [1.807, 2.05) is 4.57 Å². The first-order valence-corrected chi connectivity index (χ1v) is 13.2. The van der Waals surface area contributed by atoms with Crippen LogP contribution in [0.25, 0.3) is 33.8 Å². The maximum Gasteiger partial charge on any atom is 0.439 e. The Morgan fingerprint density at radius 3 is 2.67 bits per heavy atom. The van der Waals surface area contributed by atoms with Crippen molar-refractivity contribution in [2.24, 2.45) is 5.92 Å². The molecule has 11 heteroatoms. The van der Waals surface area contributed by atoms with Crippen LogP contribution in [0.5, 0.6) is 0 Å². The van der Waals surface area contributed by atoms with Crippen LogP contribution in [-0.2, 0) is 12.2 Å². The van der Waals surface area contributed by atoms with Crippen molar-refractivity contribution in [1.82, 2.24) is 29.7 Å². The predicted molar refractivity (Wildman–Crippen MR) is 142 cm³/mol. The highest BCUT2D eigenvalue weighted by molar-refractivity contribution is 6.30. The van der Waals surface area contributed by atoms with E-state index in [1.54, 1.807) is 24.4 Å². The van der Waals surface area contributed by atoms with Crippen LogP contribution in [0.3, 0.4) is 0 Å². The summed E-state index contributed by atoms with van der Waals surface area (Å²) in [6.07, 6.45) is 8.47. The van der Waals surface area contributed by atoms with Crippen molar-refractivity contribution in [3.8, 4) is 22.8 Å². The molecule has 0 amide bonds. The van der Waals surface area contributed by atoms with Gasteiger partial charge in [0.1, 0.15) is 11.5 Å². The molecule has 0 saturated heterocycles. The number of halogens is 3. The Hall–Kier alpha value is -3.92. The van der Waals surface area contributed by atoms with E-state index in [4.69, 9.17) is 21.6 Å². The van der Waals surface area contributed by atoms with E-state index >= 15 is 4.39 Å². The summed E-state index contributed by atoms with van der Waals surface area (Å²) in [5.41, 5.74) is -0.123. The fraction of sp³-hybridized carbons (Fsp3) is 0.321. The van der Waals surface area contributed by atoms with Crippen LogP contribution in [0.15, 0.2) is 58.1 Å². The van der Waals surface area contributed by atoms with E-state index in [0.29, 0.717) is 39.8 Å². The van der Waals surface area contributed by atoms with Crippen molar-refractivity contribution < 1.29 is 13.3 Å². The maximum absolute atomic E-state index is 16.8. The second kappa shape index (κ2) is 10.00. The van der Waals surface area contributed by atoms with E-state index in [2.05, 4.69) is 19.6 Å². The quantitative estimate of drug-likeness (QED) is 0.261. The van der Waals surface area contributed by atoms with Crippen LogP contribution < -0.4 is 5.76 Å². The first-order chi connectivity index (χ1) is 18.8. The number of aromatic nitrogens is 6. The molecule has 0 bridgehead atoms. The molecular weight excluding hydrogens is 526 g/mol. The fourth-order valence-corrected chi connectivity index (χ4v) is 5.66. The molecule has 0 aliphatic heterocycles. The first kappa shape index (κ1) is 25.4. The van der Waals surface area contributed by atoms with Crippen LogP contribution >= 0.6 is 11.6 Å². The van der Waals surface area contributed by atoms with Gasteiger partial charge in [-0.05, 0) is 43.9 Å². The van der Waals surface area contributed by atoms with Crippen LogP contribution in [0.1, 0.15) is 50.4 Å². The molecule has 1 atom stereocenters. The van der Waals surface area contributed by atoms with Crippen molar-refractivity contribution in [3.05, 3.63) is 81.6 Å². The third-order valence-electron chi connectivity index (χ3n) is 7.35. The highest BCUT2D eigenvalue weighted by Gasteiger charge is 2.38. The normalized spacial score (nSPS) is 16.0. The van der Waals surface area contributed by atoms with Crippen LogP contribution in [0.4, 0.5) is 8.78 Å². The minimum Gasteiger partial charge on any atom is -0.323 e. The third kappa shape index (κ3) is 4.73. The SMILES string of the molecule is CC(F)(c1ccccc1F)c1nc2cc(-c3noc(=O)[nH]3)nc(-c3cncc(Cl)c3)c2n1CC1CCCCC1. The molecule has 6 rings (SSSR count). The van der Waals surface area contributed by atoms with E-state index in [-0.39, 0.29) is 22.9 Å². The van der Waals surface area contributed by atoms with Crippen molar-refractivity contribution in [2.45, 2.75) is 51.2 Å². The number of pyridine rings is 2. The molecule has 1 fully saturated rings. The van der Waals surface area contributed by atoms with Crippen LogP contribution in [-0.4, -0.2) is 29.7 Å². The molecule has 0 spiro atoms. The van der Waals surface area contributed by atoms with Crippen LogP contribution in [0.2, 0.25) is 5.02 Å². The number of fused-ring (bicyclic) bond motifs is 1. The van der Waals surface area contributed by atoms with Gasteiger partial charge in [0.05, 0.1) is 21.7 Å². The zero-order valence-electron chi connectivity index (χ0n) is 21.1. The molecule has 1 N–H and O–H groups in total. The molecule has 8 nitrogen and oxygen atoms in total. The number of hydrogen-bond donors (Lipinski definition) is 1. The average Bonchev–Trinajstić information content (AvgIpc) is 3.53. The summed E-state index contributed by atoms with van der Waals surface area (Å²) in [6.45, 7) is 1.82. The third-order valence-corrected chi connectivity index (χ3v) is 7.56. The van der Waals surface area contributed by atoms with Gasteiger partial charge in [-0.1, -0.05) is 54.2 Å². The van der Waals surface area contributed by atoms with Crippen molar-refractivity contribution in [1.29, 1.82) is 0 Å². The lowest BCUT2D eigenvalue weighted by atomic mass is 9.89. The summed E-state index contributed by atoms with van der Waals surface area (Å²) in [4.78, 5) is 27.9. The van der Waals surface area contributed by atoms with E-state index in [9.17, 15) is 9.18 Å². The summed E-state index contributed by atoms with van der Waals surface area (Å²) in [5, 5.41) is 4.16. The largest absolute Gasteiger partial charge is 0.439 e. The summed E-state index contributed by atoms with van der Waals surface area (Å²) in [7, 11) is 0. The number of nitrogens with zero attached hydrogens (tertiary/aromatic N) is 5. The van der Waals surface area contributed by atoms with E-state index in [1.165, 1.54) is 37.7 Å². The Labute approximate surface area is 227 Å². The number of H-pyrrole nitrogens is 1. The summed E-state index contributed by atoms with van der Waals surface area (Å²) in [5.74, 6) is -0.937. The zero-order valence-corrected chi connectivity index (χ0v) is 21.9. The van der Waals surface area contributed by atoms with Crippen molar-refractivity contribution in [3.63, 3.8) is 0 Å². The number of alkyl halides is 1. The molecule has 39 heavy (non-hydrogen) atoms. The molecule has 200 valence electrons. The van der Waals surface area contributed by atoms with Gasteiger partial charge in [-0.3, -0.25) is 14.5 Å². The molecule has 5 aromatic rings. The second-order valence-electron chi connectivity index (χ2n) is 10.1. The van der Waals surface area contributed by atoms with Gasteiger partial charge in [0, 0.05) is 30.1 Å². The molecule has 1 aliphatic rings. The number of aromatic amines is 1.